The largest absolute Gasteiger partial charge is 0.317 e. The summed E-state index contributed by atoms with van der Waals surface area (Å²) in [5, 5.41) is 3.18. The number of likely N-dealkylation sites (tertiary alicyclic amines) is 1. The summed E-state index contributed by atoms with van der Waals surface area (Å²) in [7, 11) is 0. The van der Waals surface area contributed by atoms with E-state index in [2.05, 4.69) is 5.32 Å². The smallest absolute Gasteiger partial charge is 0.229 e. The van der Waals surface area contributed by atoms with Gasteiger partial charge in [0.25, 0.3) is 0 Å². The van der Waals surface area contributed by atoms with E-state index >= 15 is 0 Å². The van der Waals surface area contributed by atoms with Crippen LogP contribution in [-0.4, -0.2) is 36.3 Å². The molecule has 0 aromatic heterocycles. The third-order valence-electron chi connectivity index (χ3n) is 2.62. The minimum atomic E-state index is 0.00833. The number of carbonyl (C=O) groups is 2. The van der Waals surface area contributed by atoms with Gasteiger partial charge in [-0.15, -0.1) is 0 Å². The van der Waals surface area contributed by atoms with E-state index in [0.29, 0.717) is 19.4 Å². The molecule has 0 aromatic carbocycles. The fourth-order valence-corrected chi connectivity index (χ4v) is 1.75. The Hall–Kier alpha value is -0.900. The predicted molar refractivity (Wildman–Crippen MR) is 58.3 cm³/mol. The Bertz CT molecular complexity index is 211. The third-order valence-corrected chi connectivity index (χ3v) is 2.62. The van der Waals surface area contributed by atoms with E-state index in [9.17, 15) is 9.59 Å². The standard InChI is InChI=1S/C11H20N2O2/c1-2-12-8-5-9-13-10(14)6-3-4-7-11(13)15/h12H,2-9H2,1H3. The van der Waals surface area contributed by atoms with Crippen molar-refractivity contribution in [2.24, 2.45) is 0 Å². The Kier molecular flexibility index (Phi) is 5.32. The number of nitrogens with one attached hydrogen (secondary N) is 1. The highest BCUT2D eigenvalue weighted by Gasteiger charge is 2.22. The van der Waals surface area contributed by atoms with Crippen molar-refractivity contribution in [1.82, 2.24) is 10.2 Å². The molecule has 15 heavy (non-hydrogen) atoms. The first-order chi connectivity index (χ1) is 7.25. The Balaban J connectivity index is 2.35. The van der Waals surface area contributed by atoms with Gasteiger partial charge >= 0.3 is 0 Å². The predicted octanol–water partition coefficient (Wildman–Crippen LogP) is 0.915. The molecule has 0 unspecified atom stereocenters. The zero-order valence-electron chi connectivity index (χ0n) is 9.42. The van der Waals surface area contributed by atoms with Crippen molar-refractivity contribution in [1.29, 1.82) is 0 Å². The summed E-state index contributed by atoms with van der Waals surface area (Å²) in [6, 6.07) is 0. The molecule has 0 aromatic rings. The van der Waals surface area contributed by atoms with Crippen LogP contribution in [0, 0.1) is 0 Å². The highest BCUT2D eigenvalue weighted by molar-refractivity contribution is 5.95. The van der Waals surface area contributed by atoms with Gasteiger partial charge in [0.2, 0.25) is 11.8 Å². The van der Waals surface area contributed by atoms with Crippen LogP contribution in [0.1, 0.15) is 39.0 Å². The number of carbonyl (C=O) groups excluding carboxylic acids is 2. The lowest BCUT2D eigenvalue weighted by atomic mass is 10.2. The second-order valence-electron chi connectivity index (χ2n) is 3.85. The molecule has 0 radical (unpaired) electrons. The van der Waals surface area contributed by atoms with Crippen molar-refractivity contribution in [3.05, 3.63) is 0 Å². The van der Waals surface area contributed by atoms with Crippen LogP contribution in [0.15, 0.2) is 0 Å². The maximum atomic E-state index is 11.6. The lowest BCUT2D eigenvalue weighted by Crippen LogP contribution is -2.37. The number of nitrogens with zero attached hydrogens (tertiary/aromatic N) is 1. The molecule has 0 spiro atoms. The summed E-state index contributed by atoms with van der Waals surface area (Å²) in [4.78, 5) is 24.6. The van der Waals surface area contributed by atoms with Gasteiger partial charge in [-0.05, 0) is 32.4 Å². The van der Waals surface area contributed by atoms with Gasteiger partial charge in [-0.3, -0.25) is 14.5 Å². The number of rotatable bonds is 5. The summed E-state index contributed by atoms with van der Waals surface area (Å²) < 4.78 is 0. The lowest BCUT2D eigenvalue weighted by Gasteiger charge is -2.18. The van der Waals surface area contributed by atoms with Crippen LogP contribution in [0.3, 0.4) is 0 Å². The lowest BCUT2D eigenvalue weighted by molar-refractivity contribution is -0.143. The Morgan fingerprint density at radius 3 is 2.33 bits per heavy atom. The van der Waals surface area contributed by atoms with Crippen molar-refractivity contribution in [2.75, 3.05) is 19.6 Å². The van der Waals surface area contributed by atoms with E-state index < -0.39 is 0 Å². The summed E-state index contributed by atoms with van der Waals surface area (Å²) >= 11 is 0. The van der Waals surface area contributed by atoms with Crippen LogP contribution in [0.5, 0.6) is 0 Å². The van der Waals surface area contributed by atoms with Gasteiger partial charge < -0.3 is 5.32 Å². The van der Waals surface area contributed by atoms with E-state index in [4.69, 9.17) is 0 Å². The van der Waals surface area contributed by atoms with Gasteiger partial charge in [-0.2, -0.15) is 0 Å². The second kappa shape index (κ2) is 6.56. The summed E-state index contributed by atoms with van der Waals surface area (Å²) in [6.07, 6.45) is 3.63. The molecule has 86 valence electrons. The molecule has 1 aliphatic heterocycles. The number of hydrogen-bond donors (Lipinski definition) is 1. The van der Waals surface area contributed by atoms with Gasteiger partial charge in [0, 0.05) is 19.4 Å². The number of amides is 2. The average molecular weight is 212 g/mol. The molecule has 0 aliphatic carbocycles. The maximum absolute atomic E-state index is 11.6. The molecular formula is C11H20N2O2. The molecule has 2 amide bonds. The van der Waals surface area contributed by atoms with Gasteiger partial charge in [-0.25, -0.2) is 0 Å². The molecule has 1 heterocycles. The molecule has 0 saturated carbocycles. The van der Waals surface area contributed by atoms with E-state index in [1.54, 1.807) is 0 Å². The van der Waals surface area contributed by atoms with Crippen molar-refractivity contribution in [3.8, 4) is 0 Å². The molecule has 1 saturated heterocycles. The van der Waals surface area contributed by atoms with Crippen LogP contribution < -0.4 is 5.32 Å². The molecule has 0 bridgehead atoms. The quantitative estimate of drug-likeness (QED) is 0.544. The van der Waals surface area contributed by atoms with Crippen LogP contribution in [0.2, 0.25) is 0 Å². The minimum absolute atomic E-state index is 0.00833. The molecule has 1 fully saturated rings. The van der Waals surface area contributed by atoms with Crippen LogP contribution in [0.4, 0.5) is 0 Å². The molecule has 1 N–H and O–H groups in total. The maximum Gasteiger partial charge on any atom is 0.229 e. The molecule has 1 rings (SSSR count). The first-order valence-corrected chi connectivity index (χ1v) is 5.79. The molecular weight excluding hydrogens is 192 g/mol. The second-order valence-corrected chi connectivity index (χ2v) is 3.85. The number of imide groups is 1. The fraction of sp³-hybridized carbons (Fsp3) is 0.818. The number of hydrogen-bond acceptors (Lipinski definition) is 3. The Morgan fingerprint density at radius 2 is 1.80 bits per heavy atom. The zero-order valence-corrected chi connectivity index (χ0v) is 9.42. The Morgan fingerprint density at radius 1 is 1.20 bits per heavy atom. The van der Waals surface area contributed by atoms with Crippen molar-refractivity contribution in [2.45, 2.75) is 39.0 Å². The van der Waals surface area contributed by atoms with Crippen LogP contribution in [-0.2, 0) is 9.59 Å². The van der Waals surface area contributed by atoms with Gasteiger partial charge in [0.1, 0.15) is 0 Å². The Labute approximate surface area is 91.0 Å². The van der Waals surface area contributed by atoms with Crippen molar-refractivity contribution >= 4 is 11.8 Å². The monoisotopic (exact) mass is 212 g/mol. The van der Waals surface area contributed by atoms with Gasteiger partial charge in [0.05, 0.1) is 0 Å². The molecule has 4 nitrogen and oxygen atoms in total. The highest BCUT2D eigenvalue weighted by atomic mass is 16.2. The average Bonchev–Trinajstić information content (AvgIpc) is 2.37. The van der Waals surface area contributed by atoms with E-state index in [0.717, 1.165) is 32.4 Å². The van der Waals surface area contributed by atoms with E-state index in [1.807, 2.05) is 6.92 Å². The highest BCUT2D eigenvalue weighted by Crippen LogP contribution is 2.12. The summed E-state index contributed by atoms with van der Waals surface area (Å²) in [5.41, 5.74) is 0. The minimum Gasteiger partial charge on any atom is -0.317 e. The van der Waals surface area contributed by atoms with Gasteiger partial charge in [0.15, 0.2) is 0 Å². The molecule has 0 atom stereocenters. The first-order valence-electron chi connectivity index (χ1n) is 5.79. The molecule has 1 aliphatic rings. The van der Waals surface area contributed by atoms with Crippen LogP contribution >= 0.6 is 0 Å². The summed E-state index contributed by atoms with van der Waals surface area (Å²) in [5.74, 6) is 0.0167. The molecule has 4 heteroatoms. The van der Waals surface area contributed by atoms with Crippen molar-refractivity contribution < 1.29 is 9.59 Å². The van der Waals surface area contributed by atoms with E-state index in [1.165, 1.54) is 4.90 Å². The van der Waals surface area contributed by atoms with Gasteiger partial charge in [-0.1, -0.05) is 6.92 Å². The third kappa shape index (κ3) is 4.00. The summed E-state index contributed by atoms with van der Waals surface area (Å²) in [6.45, 7) is 4.42. The van der Waals surface area contributed by atoms with E-state index in [-0.39, 0.29) is 11.8 Å². The topological polar surface area (TPSA) is 49.4 Å². The normalized spacial score (nSPS) is 18.1. The first kappa shape index (κ1) is 12.2. The van der Waals surface area contributed by atoms with Crippen molar-refractivity contribution in [3.63, 3.8) is 0 Å². The SMILES string of the molecule is CCNCCCN1C(=O)CCCCC1=O. The fourth-order valence-electron chi connectivity index (χ4n) is 1.75. The van der Waals surface area contributed by atoms with Crippen LogP contribution in [0.25, 0.3) is 0 Å². The zero-order chi connectivity index (χ0) is 11.1.